The lowest BCUT2D eigenvalue weighted by molar-refractivity contribution is -0.0172. The highest BCUT2D eigenvalue weighted by atomic mass is 127. The zero-order valence-electron chi connectivity index (χ0n) is 13.9. The summed E-state index contributed by atoms with van der Waals surface area (Å²) < 4.78 is 24.5. The number of nitrogens with zero attached hydrogens (tertiary/aromatic N) is 1. The lowest BCUT2D eigenvalue weighted by Crippen LogP contribution is -2.43. The summed E-state index contributed by atoms with van der Waals surface area (Å²) in [6.45, 7) is 1.30. The molecule has 0 saturated heterocycles. The number of guanidine groups is 1. The molecule has 1 heterocycles. The van der Waals surface area contributed by atoms with Gasteiger partial charge >= 0.3 is 0 Å². The van der Waals surface area contributed by atoms with E-state index in [0.29, 0.717) is 25.6 Å². The van der Waals surface area contributed by atoms with Gasteiger partial charge in [0.25, 0.3) is 0 Å². The van der Waals surface area contributed by atoms with Crippen LogP contribution in [0.25, 0.3) is 0 Å². The molecule has 0 radical (unpaired) electrons. The van der Waals surface area contributed by atoms with Crippen molar-refractivity contribution in [3.05, 3.63) is 29.1 Å². The van der Waals surface area contributed by atoms with Crippen molar-refractivity contribution in [3.63, 3.8) is 0 Å². The normalized spacial score (nSPS) is 17.7. The molecule has 1 aliphatic heterocycles. The molecule has 1 aromatic carbocycles. The third-order valence-electron chi connectivity index (χ3n) is 4.36. The van der Waals surface area contributed by atoms with E-state index in [4.69, 9.17) is 9.47 Å². The molecule has 24 heavy (non-hydrogen) atoms. The number of nitrogens with one attached hydrogen (secondary N) is 2. The number of benzene rings is 1. The van der Waals surface area contributed by atoms with E-state index in [0.717, 1.165) is 22.8 Å². The Morgan fingerprint density at radius 1 is 1.33 bits per heavy atom. The predicted octanol–water partition coefficient (Wildman–Crippen LogP) is 2.96. The molecule has 2 aliphatic rings. The van der Waals surface area contributed by atoms with Crippen molar-refractivity contribution in [1.82, 2.24) is 10.6 Å². The Morgan fingerprint density at radius 2 is 2.12 bits per heavy atom. The molecule has 0 spiro atoms. The first-order chi connectivity index (χ1) is 11.3. The van der Waals surface area contributed by atoms with Gasteiger partial charge in [0.05, 0.1) is 6.61 Å². The summed E-state index contributed by atoms with van der Waals surface area (Å²) in [6.07, 6.45) is 5.64. The second kappa shape index (κ2) is 9.41. The molecular weight excluding hydrogens is 424 g/mol. The van der Waals surface area contributed by atoms with Gasteiger partial charge < -0.3 is 20.1 Å². The zero-order chi connectivity index (χ0) is 16.1. The highest BCUT2D eigenvalue weighted by molar-refractivity contribution is 14.0. The van der Waals surface area contributed by atoms with Crippen LogP contribution in [0.2, 0.25) is 0 Å². The van der Waals surface area contributed by atoms with Gasteiger partial charge in [-0.3, -0.25) is 4.99 Å². The Balaban J connectivity index is 0.00000208. The van der Waals surface area contributed by atoms with E-state index in [2.05, 4.69) is 15.6 Å². The Bertz CT molecular complexity index is 577. The molecule has 134 valence electrons. The summed E-state index contributed by atoms with van der Waals surface area (Å²) in [5, 5.41) is 6.74. The molecule has 5 nitrogen and oxygen atoms in total. The Kier molecular flexibility index (Phi) is 7.54. The van der Waals surface area contributed by atoms with Crippen LogP contribution in [0.5, 0.6) is 5.75 Å². The Morgan fingerprint density at radius 3 is 2.88 bits per heavy atom. The summed E-state index contributed by atoms with van der Waals surface area (Å²) in [7, 11) is 1.77. The summed E-state index contributed by atoms with van der Waals surface area (Å²) >= 11 is 0. The van der Waals surface area contributed by atoms with Gasteiger partial charge in [-0.05, 0) is 37.0 Å². The van der Waals surface area contributed by atoms with Crippen molar-refractivity contribution in [2.75, 3.05) is 20.4 Å². The van der Waals surface area contributed by atoms with Crippen LogP contribution in [0, 0.1) is 5.82 Å². The van der Waals surface area contributed by atoms with Crippen LogP contribution in [0.3, 0.4) is 0 Å². The molecule has 0 amide bonds. The molecule has 0 bridgehead atoms. The van der Waals surface area contributed by atoms with Crippen LogP contribution >= 0.6 is 24.0 Å². The van der Waals surface area contributed by atoms with Crippen LogP contribution in [0.4, 0.5) is 4.39 Å². The van der Waals surface area contributed by atoms with Crippen molar-refractivity contribution < 1.29 is 13.9 Å². The van der Waals surface area contributed by atoms with E-state index in [-0.39, 0.29) is 36.6 Å². The molecule has 3 rings (SSSR count). The van der Waals surface area contributed by atoms with E-state index in [1.54, 1.807) is 13.1 Å². The lowest BCUT2D eigenvalue weighted by Gasteiger charge is -2.21. The van der Waals surface area contributed by atoms with Gasteiger partial charge in [0.1, 0.15) is 11.6 Å². The zero-order valence-corrected chi connectivity index (χ0v) is 16.3. The molecular formula is C17H25FIN3O2. The Labute approximate surface area is 159 Å². The molecule has 1 aromatic rings. The van der Waals surface area contributed by atoms with Crippen molar-refractivity contribution in [2.45, 2.75) is 44.8 Å². The van der Waals surface area contributed by atoms with Gasteiger partial charge in [-0.25, -0.2) is 4.39 Å². The van der Waals surface area contributed by atoms with E-state index >= 15 is 0 Å². The first kappa shape index (κ1) is 19.2. The SMILES string of the molecule is CN=C(NCCc1cc(F)cc2c1OCOC2)NC1CCCC1.I. The van der Waals surface area contributed by atoms with Crippen molar-refractivity contribution in [3.8, 4) is 5.75 Å². The molecule has 2 N–H and O–H groups in total. The van der Waals surface area contributed by atoms with E-state index in [9.17, 15) is 4.39 Å². The first-order valence-corrected chi connectivity index (χ1v) is 8.25. The summed E-state index contributed by atoms with van der Waals surface area (Å²) in [6, 6.07) is 3.54. The molecule has 1 fully saturated rings. The third-order valence-corrected chi connectivity index (χ3v) is 4.36. The van der Waals surface area contributed by atoms with Gasteiger partial charge in [0, 0.05) is 25.2 Å². The fourth-order valence-electron chi connectivity index (χ4n) is 3.22. The van der Waals surface area contributed by atoms with Crippen molar-refractivity contribution in [1.29, 1.82) is 0 Å². The number of rotatable bonds is 4. The van der Waals surface area contributed by atoms with Crippen LogP contribution < -0.4 is 15.4 Å². The second-order valence-corrected chi connectivity index (χ2v) is 6.04. The minimum atomic E-state index is -0.249. The molecule has 0 aromatic heterocycles. The summed E-state index contributed by atoms with van der Waals surface area (Å²) in [5.74, 6) is 1.32. The first-order valence-electron chi connectivity index (χ1n) is 8.25. The largest absolute Gasteiger partial charge is 0.467 e. The summed E-state index contributed by atoms with van der Waals surface area (Å²) in [4.78, 5) is 4.26. The molecule has 1 aliphatic carbocycles. The second-order valence-electron chi connectivity index (χ2n) is 6.04. The lowest BCUT2D eigenvalue weighted by atomic mass is 10.1. The van der Waals surface area contributed by atoms with Crippen LogP contribution in [0.15, 0.2) is 17.1 Å². The van der Waals surface area contributed by atoms with E-state index in [1.807, 2.05) is 0 Å². The van der Waals surface area contributed by atoms with Crippen LogP contribution in [-0.2, 0) is 17.8 Å². The average Bonchev–Trinajstić information content (AvgIpc) is 3.06. The summed E-state index contributed by atoms with van der Waals surface area (Å²) in [5.41, 5.74) is 1.65. The third kappa shape index (κ3) is 4.95. The minimum absolute atomic E-state index is 0. The number of ether oxygens (including phenoxy) is 2. The quantitative estimate of drug-likeness (QED) is 0.422. The molecule has 7 heteroatoms. The van der Waals surface area contributed by atoms with E-state index < -0.39 is 0 Å². The fourth-order valence-corrected chi connectivity index (χ4v) is 3.22. The van der Waals surface area contributed by atoms with E-state index in [1.165, 1.54) is 31.7 Å². The topological polar surface area (TPSA) is 54.9 Å². The number of fused-ring (bicyclic) bond motifs is 1. The Hall–Kier alpha value is -1.09. The van der Waals surface area contributed by atoms with Gasteiger partial charge in [-0.2, -0.15) is 0 Å². The van der Waals surface area contributed by atoms with Gasteiger partial charge in [-0.15, -0.1) is 24.0 Å². The van der Waals surface area contributed by atoms with Crippen LogP contribution in [0.1, 0.15) is 36.8 Å². The maximum Gasteiger partial charge on any atom is 0.191 e. The van der Waals surface area contributed by atoms with Crippen LogP contribution in [-0.4, -0.2) is 32.4 Å². The number of hydrogen-bond donors (Lipinski definition) is 2. The molecule has 0 atom stereocenters. The van der Waals surface area contributed by atoms with Gasteiger partial charge in [0.15, 0.2) is 12.8 Å². The van der Waals surface area contributed by atoms with Crippen molar-refractivity contribution >= 4 is 29.9 Å². The highest BCUT2D eigenvalue weighted by Crippen LogP contribution is 2.29. The van der Waals surface area contributed by atoms with Crippen molar-refractivity contribution in [2.24, 2.45) is 4.99 Å². The molecule has 1 saturated carbocycles. The minimum Gasteiger partial charge on any atom is -0.467 e. The highest BCUT2D eigenvalue weighted by Gasteiger charge is 2.18. The number of aliphatic imine (C=N–C) groups is 1. The smallest absolute Gasteiger partial charge is 0.191 e. The average molecular weight is 449 g/mol. The monoisotopic (exact) mass is 449 g/mol. The number of hydrogen-bond acceptors (Lipinski definition) is 3. The number of halogens is 2. The maximum atomic E-state index is 13.7. The fraction of sp³-hybridized carbons (Fsp3) is 0.588. The van der Waals surface area contributed by atoms with Gasteiger partial charge in [-0.1, -0.05) is 12.8 Å². The van der Waals surface area contributed by atoms with Gasteiger partial charge in [0.2, 0.25) is 0 Å². The molecule has 0 unspecified atom stereocenters. The maximum absolute atomic E-state index is 13.7. The standard InChI is InChI=1S/C17H24FN3O2.HI/c1-19-17(21-15-4-2-3-5-15)20-7-6-12-8-14(18)9-13-10-22-11-23-16(12)13;/h8-9,15H,2-7,10-11H2,1H3,(H2,19,20,21);1H. The predicted molar refractivity (Wildman–Crippen MR) is 103 cm³/mol.